The zero-order chi connectivity index (χ0) is 28.7. The number of carbonyl (C=O) groups is 1. The molecule has 1 aliphatic rings. The van der Waals surface area contributed by atoms with Gasteiger partial charge < -0.3 is 9.30 Å². The number of hydrogen-bond acceptors (Lipinski definition) is 5. The Morgan fingerprint density at radius 1 is 1.10 bits per heavy atom. The number of esters is 1. The van der Waals surface area contributed by atoms with Gasteiger partial charge in [-0.2, -0.15) is 0 Å². The van der Waals surface area contributed by atoms with E-state index in [1.165, 1.54) is 16.9 Å². The van der Waals surface area contributed by atoms with Crippen LogP contribution in [0, 0.1) is 0 Å². The van der Waals surface area contributed by atoms with Gasteiger partial charge in [-0.25, -0.2) is 9.79 Å². The van der Waals surface area contributed by atoms with Crippen molar-refractivity contribution in [2.45, 2.75) is 26.4 Å². The first kappa shape index (κ1) is 27.4. The Bertz CT molecular complexity index is 2000. The van der Waals surface area contributed by atoms with Crippen LogP contribution in [0.4, 0.5) is 0 Å². The Kier molecular flexibility index (Phi) is 7.55. The lowest BCUT2D eigenvalue weighted by molar-refractivity contribution is -0.139. The second kappa shape index (κ2) is 11.3. The number of ether oxygens (including phenoxy) is 1. The fourth-order valence-corrected chi connectivity index (χ4v) is 6.63. The van der Waals surface area contributed by atoms with Gasteiger partial charge in [-0.15, -0.1) is 0 Å². The van der Waals surface area contributed by atoms with Crippen molar-refractivity contribution in [3.8, 4) is 0 Å². The first-order valence-corrected chi connectivity index (χ1v) is 15.1. The molecule has 0 bridgehead atoms. The van der Waals surface area contributed by atoms with Crippen LogP contribution in [0.1, 0.15) is 36.6 Å². The molecule has 3 aromatic carbocycles. The Morgan fingerprint density at radius 3 is 2.56 bits per heavy atom. The number of benzene rings is 3. The lowest BCUT2D eigenvalue weighted by Crippen LogP contribution is -2.39. The molecule has 1 atom stereocenters. The summed E-state index contributed by atoms with van der Waals surface area (Å²) in [6, 6.07) is 22.9. The van der Waals surface area contributed by atoms with Gasteiger partial charge in [0.1, 0.15) is 0 Å². The number of allylic oxidation sites excluding steroid dienone is 1. The van der Waals surface area contributed by atoms with Crippen LogP contribution in [0.5, 0.6) is 0 Å². The number of carbonyl (C=O) groups excluding carboxylic acids is 1. The number of fused-ring (bicyclic) bond motifs is 2. The van der Waals surface area contributed by atoms with Crippen molar-refractivity contribution in [3.05, 3.63) is 136 Å². The molecule has 0 saturated carbocycles. The Morgan fingerprint density at radius 2 is 1.83 bits per heavy atom. The zero-order valence-corrected chi connectivity index (χ0v) is 25.5. The zero-order valence-electron chi connectivity index (χ0n) is 22.3. The lowest BCUT2D eigenvalue weighted by Gasteiger charge is -2.24. The first-order valence-electron chi connectivity index (χ1n) is 13.1. The number of aromatic nitrogens is 2. The molecule has 9 heteroatoms. The van der Waals surface area contributed by atoms with Crippen LogP contribution in [0.2, 0.25) is 5.02 Å². The van der Waals surface area contributed by atoms with E-state index in [1.54, 1.807) is 30.5 Å². The summed E-state index contributed by atoms with van der Waals surface area (Å²) in [4.78, 5) is 32.4. The molecular formula is C32H25BrClN3O3S. The highest BCUT2D eigenvalue weighted by atomic mass is 79.9. The average Bonchev–Trinajstić information content (AvgIpc) is 3.46. The molecule has 1 aliphatic heterocycles. The average molecular weight is 647 g/mol. The third-order valence-corrected chi connectivity index (χ3v) is 8.84. The molecule has 5 aromatic rings. The lowest BCUT2D eigenvalue weighted by atomic mass is 9.96. The van der Waals surface area contributed by atoms with E-state index >= 15 is 0 Å². The van der Waals surface area contributed by atoms with E-state index in [0.717, 1.165) is 26.5 Å². The molecule has 0 amide bonds. The van der Waals surface area contributed by atoms with Gasteiger partial charge in [0, 0.05) is 38.7 Å². The summed E-state index contributed by atoms with van der Waals surface area (Å²) in [5.74, 6) is -0.487. The fraction of sp³-hybridized carbons (Fsp3) is 0.156. The van der Waals surface area contributed by atoms with E-state index in [1.807, 2.05) is 42.5 Å². The minimum atomic E-state index is -0.677. The molecule has 0 spiro atoms. The van der Waals surface area contributed by atoms with Crippen molar-refractivity contribution in [1.82, 2.24) is 9.13 Å². The molecule has 0 radical (unpaired) electrons. The van der Waals surface area contributed by atoms with E-state index < -0.39 is 12.0 Å². The molecule has 206 valence electrons. The van der Waals surface area contributed by atoms with Gasteiger partial charge in [0.05, 0.1) is 28.5 Å². The summed E-state index contributed by atoms with van der Waals surface area (Å²) in [5.41, 5.74) is 4.60. The fourth-order valence-electron chi connectivity index (χ4n) is 5.20. The number of nitrogens with zero attached hydrogens (tertiary/aromatic N) is 3. The van der Waals surface area contributed by atoms with Crippen molar-refractivity contribution >= 4 is 61.8 Å². The number of para-hydroxylation sites is 1. The predicted octanol–water partition coefficient (Wildman–Crippen LogP) is 6.22. The summed E-state index contributed by atoms with van der Waals surface area (Å²) < 4.78 is 10.7. The van der Waals surface area contributed by atoms with Crippen molar-refractivity contribution in [3.63, 3.8) is 0 Å². The smallest absolute Gasteiger partial charge is 0.338 e. The second-order valence-electron chi connectivity index (χ2n) is 9.71. The summed E-state index contributed by atoms with van der Waals surface area (Å²) in [5, 5.41) is 1.62. The van der Waals surface area contributed by atoms with Crippen molar-refractivity contribution < 1.29 is 9.53 Å². The molecule has 3 heterocycles. The van der Waals surface area contributed by atoms with Crippen LogP contribution in [-0.4, -0.2) is 21.7 Å². The quantitative estimate of drug-likeness (QED) is 0.206. The monoisotopic (exact) mass is 645 g/mol. The van der Waals surface area contributed by atoms with Crippen LogP contribution < -0.4 is 14.9 Å². The number of thiazole rings is 1. The van der Waals surface area contributed by atoms with E-state index in [4.69, 9.17) is 16.3 Å². The minimum Gasteiger partial charge on any atom is -0.463 e. The molecule has 6 rings (SSSR count). The van der Waals surface area contributed by atoms with Gasteiger partial charge in [-0.1, -0.05) is 81.3 Å². The highest BCUT2D eigenvalue weighted by Gasteiger charge is 2.33. The van der Waals surface area contributed by atoms with Crippen LogP contribution in [-0.2, 0) is 16.1 Å². The molecule has 2 aromatic heterocycles. The topological polar surface area (TPSA) is 65.6 Å². The van der Waals surface area contributed by atoms with E-state index in [-0.39, 0.29) is 12.2 Å². The third kappa shape index (κ3) is 5.23. The molecule has 0 unspecified atom stereocenters. The van der Waals surface area contributed by atoms with Crippen LogP contribution in [0.25, 0.3) is 17.0 Å². The maximum absolute atomic E-state index is 14.0. The molecule has 0 saturated heterocycles. The molecule has 0 fully saturated rings. The predicted molar refractivity (Wildman–Crippen MR) is 167 cm³/mol. The first-order chi connectivity index (χ1) is 19.8. The van der Waals surface area contributed by atoms with Gasteiger partial charge in [-0.3, -0.25) is 9.36 Å². The largest absolute Gasteiger partial charge is 0.463 e. The van der Waals surface area contributed by atoms with Crippen molar-refractivity contribution in [2.75, 3.05) is 6.61 Å². The molecule has 41 heavy (non-hydrogen) atoms. The van der Waals surface area contributed by atoms with Crippen molar-refractivity contribution in [1.29, 1.82) is 0 Å². The van der Waals surface area contributed by atoms with Gasteiger partial charge in [0.15, 0.2) is 4.80 Å². The molecule has 0 N–H and O–H groups in total. The molecular weight excluding hydrogens is 622 g/mol. The van der Waals surface area contributed by atoms with Crippen LogP contribution in [0.15, 0.2) is 105 Å². The summed E-state index contributed by atoms with van der Waals surface area (Å²) in [6.45, 7) is 4.45. The van der Waals surface area contributed by atoms with E-state index in [0.29, 0.717) is 32.2 Å². The highest BCUT2D eigenvalue weighted by molar-refractivity contribution is 9.10. The van der Waals surface area contributed by atoms with Crippen LogP contribution >= 0.6 is 38.9 Å². The maximum Gasteiger partial charge on any atom is 0.338 e. The van der Waals surface area contributed by atoms with Gasteiger partial charge >= 0.3 is 5.97 Å². The van der Waals surface area contributed by atoms with Gasteiger partial charge in [0.2, 0.25) is 0 Å². The number of rotatable bonds is 6. The van der Waals surface area contributed by atoms with Crippen molar-refractivity contribution in [2.24, 2.45) is 4.99 Å². The van der Waals surface area contributed by atoms with E-state index in [2.05, 4.69) is 56.0 Å². The Hall–Kier alpha value is -3.72. The number of halogens is 2. The Labute approximate surface area is 253 Å². The second-order valence-corrected chi connectivity index (χ2v) is 12.1. The molecule has 0 aliphatic carbocycles. The summed E-state index contributed by atoms with van der Waals surface area (Å²) in [6.07, 6.45) is 4.00. The molecule has 6 nitrogen and oxygen atoms in total. The van der Waals surface area contributed by atoms with E-state index in [9.17, 15) is 9.59 Å². The third-order valence-electron chi connectivity index (χ3n) is 7.07. The number of hydrogen-bond donors (Lipinski definition) is 0. The Balaban J connectivity index is 1.51. The van der Waals surface area contributed by atoms with Gasteiger partial charge in [-0.05, 0) is 61.4 Å². The highest BCUT2D eigenvalue weighted by Crippen LogP contribution is 2.31. The normalized spacial score (nSPS) is 15.2. The maximum atomic E-state index is 14.0. The van der Waals surface area contributed by atoms with Gasteiger partial charge in [0.25, 0.3) is 5.56 Å². The van der Waals surface area contributed by atoms with Crippen LogP contribution in [0.3, 0.4) is 0 Å². The summed E-state index contributed by atoms with van der Waals surface area (Å²) >= 11 is 11.0. The SMILES string of the molecule is CCOC(=O)C1=C(C)N=c2s/c(=C/c3cn(Cc4ccc(Br)cc4)c4ccccc34)c(=O)n2[C@H]1c1ccc(Cl)cc1. The summed E-state index contributed by atoms with van der Waals surface area (Å²) in [7, 11) is 0. The minimum absolute atomic E-state index is 0.215. The standard InChI is InChI=1S/C32H25BrClN3O3S/c1-3-40-31(39)28-19(2)35-32-37(29(28)21-10-14-24(34)15-11-21)30(38)27(41-32)16-22-18-36(26-7-5-4-6-25(22)26)17-20-8-12-23(33)13-9-20/h4-16,18,29H,3,17H2,1-2H3/b27-16+/t29-/m0/s1.